The fourth-order valence-electron chi connectivity index (χ4n) is 1.87. The minimum Gasteiger partial charge on any atom is -0.465 e. The van der Waals surface area contributed by atoms with Crippen LogP contribution in [0, 0.1) is 0 Å². The topological polar surface area (TPSA) is 77.2 Å². The number of carbonyl (C=O) groups is 1. The summed E-state index contributed by atoms with van der Waals surface area (Å²) < 4.78 is 4.67. The van der Waals surface area contributed by atoms with E-state index >= 15 is 0 Å². The number of hydrogen-bond acceptors (Lipinski definition) is 6. The van der Waals surface area contributed by atoms with E-state index in [0.717, 1.165) is 6.54 Å². The molecule has 1 saturated heterocycles. The number of hydrogen-bond donors (Lipinski definition) is 2. The Morgan fingerprint density at radius 3 is 3.22 bits per heavy atom. The summed E-state index contributed by atoms with van der Waals surface area (Å²) >= 11 is 1.97. The average molecular weight is 267 g/mol. The molecule has 3 N–H and O–H groups in total. The smallest absolute Gasteiger partial charge is 0.340 e. The second kappa shape index (κ2) is 5.95. The lowest BCUT2D eigenvalue weighted by Crippen LogP contribution is -2.15. The number of esters is 1. The normalized spacial score (nSPS) is 18.6. The summed E-state index contributed by atoms with van der Waals surface area (Å²) in [4.78, 5) is 15.6. The Balaban J connectivity index is 2.02. The SMILES string of the molecule is COC(=O)c1cc(NCC2CCCS2)ncc1N. The molecule has 2 heterocycles. The van der Waals surface area contributed by atoms with Gasteiger partial charge in [0.1, 0.15) is 5.82 Å². The summed E-state index contributed by atoms with van der Waals surface area (Å²) in [5, 5.41) is 3.87. The number of methoxy groups -OCH3 is 1. The van der Waals surface area contributed by atoms with Crippen LogP contribution in [0.2, 0.25) is 0 Å². The molecule has 98 valence electrons. The number of thioether (sulfide) groups is 1. The number of nitrogens with two attached hydrogens (primary N) is 1. The van der Waals surface area contributed by atoms with Crippen molar-refractivity contribution in [2.75, 3.05) is 30.5 Å². The van der Waals surface area contributed by atoms with Crippen LogP contribution in [0.3, 0.4) is 0 Å². The summed E-state index contributed by atoms with van der Waals surface area (Å²) in [5.74, 6) is 1.46. The van der Waals surface area contributed by atoms with Crippen LogP contribution in [-0.4, -0.2) is 35.6 Å². The predicted octanol–water partition coefficient (Wildman–Crippen LogP) is 1.76. The van der Waals surface area contributed by atoms with Gasteiger partial charge in [0.15, 0.2) is 0 Å². The molecule has 0 radical (unpaired) electrons. The molecule has 5 nitrogen and oxygen atoms in total. The Labute approximate surface area is 110 Å². The fraction of sp³-hybridized carbons (Fsp3) is 0.500. The Morgan fingerprint density at radius 2 is 2.56 bits per heavy atom. The van der Waals surface area contributed by atoms with E-state index in [0.29, 0.717) is 22.3 Å². The minimum absolute atomic E-state index is 0.336. The average Bonchev–Trinajstić information content (AvgIpc) is 2.90. The van der Waals surface area contributed by atoms with Gasteiger partial charge in [-0.05, 0) is 24.7 Å². The molecule has 0 bridgehead atoms. The number of carbonyl (C=O) groups excluding carboxylic acids is 1. The minimum atomic E-state index is -0.437. The maximum atomic E-state index is 11.5. The maximum Gasteiger partial charge on any atom is 0.340 e. The highest BCUT2D eigenvalue weighted by Crippen LogP contribution is 2.26. The van der Waals surface area contributed by atoms with Crippen molar-refractivity contribution in [1.82, 2.24) is 4.98 Å². The van der Waals surface area contributed by atoms with Crippen molar-refractivity contribution in [3.05, 3.63) is 17.8 Å². The van der Waals surface area contributed by atoms with Gasteiger partial charge < -0.3 is 15.8 Å². The molecule has 2 rings (SSSR count). The molecule has 1 aliphatic heterocycles. The summed E-state index contributed by atoms with van der Waals surface area (Å²) in [6.07, 6.45) is 3.99. The number of ether oxygens (including phenoxy) is 1. The van der Waals surface area contributed by atoms with Crippen molar-refractivity contribution in [3.8, 4) is 0 Å². The third-order valence-electron chi connectivity index (χ3n) is 2.87. The molecule has 1 aromatic heterocycles. The number of pyridine rings is 1. The summed E-state index contributed by atoms with van der Waals surface area (Å²) in [5.41, 5.74) is 6.38. The van der Waals surface area contributed by atoms with Crippen molar-refractivity contribution in [2.24, 2.45) is 0 Å². The lowest BCUT2D eigenvalue weighted by atomic mass is 10.2. The molecule has 1 aromatic rings. The number of anilines is 2. The monoisotopic (exact) mass is 267 g/mol. The number of rotatable bonds is 4. The van der Waals surface area contributed by atoms with E-state index in [1.54, 1.807) is 6.07 Å². The molecule has 18 heavy (non-hydrogen) atoms. The van der Waals surface area contributed by atoms with Gasteiger partial charge in [-0.1, -0.05) is 0 Å². The quantitative estimate of drug-likeness (QED) is 0.809. The molecular formula is C12H17N3O2S. The highest BCUT2D eigenvalue weighted by molar-refractivity contribution is 8.00. The van der Waals surface area contributed by atoms with Crippen LogP contribution in [0.1, 0.15) is 23.2 Å². The van der Waals surface area contributed by atoms with Gasteiger partial charge in [0.2, 0.25) is 0 Å². The van der Waals surface area contributed by atoms with Crippen LogP contribution in [0.5, 0.6) is 0 Å². The van der Waals surface area contributed by atoms with Gasteiger partial charge in [-0.2, -0.15) is 11.8 Å². The summed E-state index contributed by atoms with van der Waals surface area (Å²) in [6.45, 7) is 0.863. The molecule has 1 atom stereocenters. The van der Waals surface area contributed by atoms with Crippen molar-refractivity contribution in [1.29, 1.82) is 0 Å². The molecule has 0 spiro atoms. The Kier molecular flexibility index (Phi) is 4.30. The van der Waals surface area contributed by atoms with E-state index in [1.165, 1.54) is 31.9 Å². The van der Waals surface area contributed by atoms with Crippen molar-refractivity contribution >= 4 is 29.2 Å². The molecular weight excluding hydrogens is 250 g/mol. The highest BCUT2D eigenvalue weighted by atomic mass is 32.2. The zero-order valence-corrected chi connectivity index (χ0v) is 11.1. The largest absolute Gasteiger partial charge is 0.465 e. The van der Waals surface area contributed by atoms with E-state index in [1.807, 2.05) is 11.8 Å². The van der Waals surface area contributed by atoms with E-state index < -0.39 is 5.97 Å². The third-order valence-corrected chi connectivity index (χ3v) is 4.27. The number of aromatic nitrogens is 1. The van der Waals surface area contributed by atoms with Crippen LogP contribution in [0.15, 0.2) is 12.3 Å². The third kappa shape index (κ3) is 3.07. The molecule has 0 amide bonds. The first-order valence-electron chi connectivity index (χ1n) is 5.90. The summed E-state index contributed by atoms with van der Waals surface area (Å²) in [7, 11) is 1.34. The fourth-order valence-corrected chi connectivity index (χ4v) is 3.07. The van der Waals surface area contributed by atoms with Crippen molar-refractivity contribution < 1.29 is 9.53 Å². The van der Waals surface area contributed by atoms with Gasteiger partial charge in [0.05, 0.1) is 24.6 Å². The van der Waals surface area contributed by atoms with Crippen molar-refractivity contribution in [3.63, 3.8) is 0 Å². The molecule has 0 saturated carbocycles. The Morgan fingerprint density at radius 1 is 1.72 bits per heavy atom. The Hall–Kier alpha value is -1.43. The van der Waals surface area contributed by atoms with Crippen LogP contribution in [0.25, 0.3) is 0 Å². The van der Waals surface area contributed by atoms with E-state index in [9.17, 15) is 4.79 Å². The van der Waals surface area contributed by atoms with E-state index in [2.05, 4.69) is 15.0 Å². The van der Waals surface area contributed by atoms with Crippen LogP contribution in [0.4, 0.5) is 11.5 Å². The molecule has 1 aliphatic rings. The molecule has 1 unspecified atom stereocenters. The zero-order chi connectivity index (χ0) is 13.0. The summed E-state index contributed by atoms with van der Waals surface area (Å²) in [6, 6.07) is 1.64. The van der Waals surface area contributed by atoms with Crippen LogP contribution >= 0.6 is 11.8 Å². The van der Waals surface area contributed by atoms with Gasteiger partial charge >= 0.3 is 5.97 Å². The zero-order valence-electron chi connectivity index (χ0n) is 10.3. The maximum absolute atomic E-state index is 11.5. The lowest BCUT2D eigenvalue weighted by Gasteiger charge is -2.12. The van der Waals surface area contributed by atoms with Gasteiger partial charge in [-0.25, -0.2) is 9.78 Å². The van der Waals surface area contributed by atoms with Gasteiger partial charge in [0, 0.05) is 11.8 Å². The van der Waals surface area contributed by atoms with Crippen LogP contribution in [-0.2, 0) is 4.74 Å². The second-order valence-electron chi connectivity index (χ2n) is 4.16. The number of nitrogens with one attached hydrogen (secondary N) is 1. The molecule has 6 heteroatoms. The van der Waals surface area contributed by atoms with Crippen LogP contribution < -0.4 is 11.1 Å². The highest BCUT2D eigenvalue weighted by Gasteiger charge is 2.16. The van der Waals surface area contributed by atoms with E-state index in [4.69, 9.17) is 5.73 Å². The van der Waals surface area contributed by atoms with Gasteiger partial charge in [0.25, 0.3) is 0 Å². The van der Waals surface area contributed by atoms with Gasteiger partial charge in [-0.15, -0.1) is 0 Å². The molecule has 1 fully saturated rings. The standard InChI is InChI=1S/C12H17N3O2S/c1-17-12(16)9-5-11(15-7-10(9)13)14-6-8-3-2-4-18-8/h5,7-8H,2-4,6,13H2,1H3,(H,14,15). The first-order chi connectivity index (χ1) is 8.70. The Bertz CT molecular complexity index is 433. The number of nitrogens with zero attached hydrogens (tertiary/aromatic N) is 1. The van der Waals surface area contributed by atoms with E-state index in [-0.39, 0.29) is 0 Å². The van der Waals surface area contributed by atoms with Gasteiger partial charge in [-0.3, -0.25) is 0 Å². The lowest BCUT2D eigenvalue weighted by molar-refractivity contribution is 0.0602. The second-order valence-corrected chi connectivity index (χ2v) is 5.57. The predicted molar refractivity (Wildman–Crippen MR) is 74.0 cm³/mol. The first-order valence-corrected chi connectivity index (χ1v) is 6.95. The molecule has 0 aliphatic carbocycles. The first kappa shape index (κ1) is 13.0. The number of nitrogen functional groups attached to an aromatic ring is 1. The molecule has 0 aromatic carbocycles. The van der Waals surface area contributed by atoms with Crippen molar-refractivity contribution in [2.45, 2.75) is 18.1 Å².